The lowest BCUT2D eigenvalue weighted by Gasteiger charge is -2.24. The average Bonchev–Trinajstić information content (AvgIpc) is 3.34. The summed E-state index contributed by atoms with van der Waals surface area (Å²) >= 11 is 2.95. The molecule has 1 atom stereocenters. The Morgan fingerprint density at radius 3 is 2.71 bits per heavy atom. The third-order valence-corrected chi connectivity index (χ3v) is 6.67. The monoisotopic (exact) mass is 414 g/mol. The highest BCUT2D eigenvalue weighted by Crippen LogP contribution is 2.39. The number of hydrogen-bond donors (Lipinski definition) is 0. The van der Waals surface area contributed by atoms with Gasteiger partial charge in [0.15, 0.2) is 5.16 Å². The van der Waals surface area contributed by atoms with Crippen LogP contribution in [0, 0.1) is 12.7 Å². The molecular weight excluding hydrogens is 395 g/mol. The predicted molar refractivity (Wildman–Crippen MR) is 110 cm³/mol. The van der Waals surface area contributed by atoms with Gasteiger partial charge in [0.25, 0.3) is 0 Å². The summed E-state index contributed by atoms with van der Waals surface area (Å²) in [5, 5.41) is 8.78. The van der Waals surface area contributed by atoms with E-state index in [1.165, 1.54) is 17.8 Å². The van der Waals surface area contributed by atoms with Gasteiger partial charge in [-0.25, -0.2) is 4.39 Å². The summed E-state index contributed by atoms with van der Waals surface area (Å²) < 4.78 is 16.1. The zero-order valence-corrected chi connectivity index (χ0v) is 16.9. The van der Waals surface area contributed by atoms with Crippen LogP contribution in [0.1, 0.15) is 16.8 Å². The Labute approximate surface area is 171 Å². The number of hydrogen-bond acceptors (Lipinski definition) is 5. The average molecular weight is 415 g/mol. The Bertz CT molecular complexity index is 979. The van der Waals surface area contributed by atoms with E-state index in [1.54, 1.807) is 34.9 Å². The number of rotatable bonds is 5. The van der Waals surface area contributed by atoms with Crippen molar-refractivity contribution in [2.24, 2.45) is 0 Å². The molecule has 2 aromatic carbocycles. The molecule has 144 valence electrons. The van der Waals surface area contributed by atoms with E-state index in [2.05, 4.69) is 10.2 Å². The molecule has 1 aliphatic heterocycles. The number of aryl methyl sites for hydroxylation is 1. The van der Waals surface area contributed by atoms with Gasteiger partial charge in [-0.05, 0) is 25.1 Å². The minimum Gasteiger partial charge on any atom is -0.325 e. The molecular formula is C20H19FN4OS2. The number of amides is 1. The summed E-state index contributed by atoms with van der Waals surface area (Å²) in [6.07, 6.45) is 0. The van der Waals surface area contributed by atoms with Crippen LogP contribution in [0.25, 0.3) is 5.69 Å². The molecule has 1 saturated heterocycles. The van der Waals surface area contributed by atoms with Crippen LogP contribution in [0.2, 0.25) is 0 Å². The number of benzene rings is 2. The fourth-order valence-electron chi connectivity index (χ4n) is 3.18. The first kappa shape index (κ1) is 19.0. The molecule has 1 fully saturated rings. The van der Waals surface area contributed by atoms with Gasteiger partial charge >= 0.3 is 0 Å². The van der Waals surface area contributed by atoms with Crippen molar-refractivity contribution in [1.82, 2.24) is 19.7 Å². The summed E-state index contributed by atoms with van der Waals surface area (Å²) in [6.45, 7) is 2.50. The second-order valence-corrected chi connectivity index (χ2v) is 8.45. The summed E-state index contributed by atoms with van der Waals surface area (Å²) in [7, 11) is 0. The van der Waals surface area contributed by atoms with Crippen molar-refractivity contribution >= 4 is 29.4 Å². The highest BCUT2D eigenvalue weighted by molar-refractivity contribution is 8.00. The highest BCUT2D eigenvalue weighted by atomic mass is 32.2. The molecule has 28 heavy (non-hydrogen) atoms. The van der Waals surface area contributed by atoms with Crippen LogP contribution in [-0.2, 0) is 4.79 Å². The maximum Gasteiger partial charge on any atom is 0.234 e. The number of nitrogens with zero attached hydrogens (tertiary/aromatic N) is 4. The molecule has 4 rings (SSSR count). The molecule has 0 radical (unpaired) electrons. The topological polar surface area (TPSA) is 51.0 Å². The van der Waals surface area contributed by atoms with Crippen molar-refractivity contribution in [2.75, 3.05) is 18.1 Å². The normalized spacial score (nSPS) is 16.5. The van der Waals surface area contributed by atoms with Crippen molar-refractivity contribution in [3.63, 3.8) is 0 Å². The van der Waals surface area contributed by atoms with Crippen LogP contribution < -0.4 is 0 Å². The lowest BCUT2D eigenvalue weighted by atomic mass is 10.2. The molecule has 2 heterocycles. The van der Waals surface area contributed by atoms with Crippen LogP contribution in [-0.4, -0.2) is 43.6 Å². The Hall–Kier alpha value is -2.32. The molecule has 0 saturated carbocycles. The van der Waals surface area contributed by atoms with E-state index >= 15 is 0 Å². The Morgan fingerprint density at radius 2 is 1.93 bits per heavy atom. The smallest absolute Gasteiger partial charge is 0.234 e. The third kappa shape index (κ3) is 3.79. The van der Waals surface area contributed by atoms with Crippen molar-refractivity contribution in [1.29, 1.82) is 0 Å². The second-order valence-electron chi connectivity index (χ2n) is 6.32. The SMILES string of the molecule is Cc1nnc(SCC(=O)N2CCS[C@@H]2c2ccccc2F)n1-c1ccccc1. The number of carbonyl (C=O) groups is 1. The van der Waals surface area contributed by atoms with E-state index in [9.17, 15) is 9.18 Å². The summed E-state index contributed by atoms with van der Waals surface area (Å²) in [4.78, 5) is 14.6. The number of para-hydroxylation sites is 1. The fourth-order valence-corrected chi connectivity index (χ4v) is 5.36. The first-order chi connectivity index (χ1) is 13.6. The molecule has 0 bridgehead atoms. The van der Waals surface area contributed by atoms with E-state index in [-0.39, 0.29) is 22.9 Å². The maximum absolute atomic E-state index is 14.2. The van der Waals surface area contributed by atoms with E-state index in [0.717, 1.165) is 17.3 Å². The predicted octanol–water partition coefficient (Wildman–Crippen LogP) is 4.08. The molecule has 1 aromatic heterocycles. The second kappa shape index (κ2) is 8.36. The standard InChI is InChI=1S/C20H19FN4OS2/c1-14-22-23-20(25(14)15-7-3-2-4-8-15)28-13-18(26)24-11-12-27-19(24)16-9-5-6-10-17(16)21/h2-10,19H,11-13H2,1H3/t19-/m1/s1. The molecule has 0 aliphatic carbocycles. The number of aromatic nitrogens is 3. The summed E-state index contributed by atoms with van der Waals surface area (Å²) in [6, 6.07) is 16.5. The Balaban J connectivity index is 1.49. The third-order valence-electron chi connectivity index (χ3n) is 4.52. The molecule has 0 N–H and O–H groups in total. The van der Waals surface area contributed by atoms with Crippen LogP contribution in [0.15, 0.2) is 59.8 Å². The highest BCUT2D eigenvalue weighted by Gasteiger charge is 2.32. The van der Waals surface area contributed by atoms with Crippen LogP contribution in [0.4, 0.5) is 4.39 Å². The molecule has 0 spiro atoms. The van der Waals surface area contributed by atoms with Gasteiger partial charge in [0.1, 0.15) is 17.0 Å². The largest absolute Gasteiger partial charge is 0.325 e. The summed E-state index contributed by atoms with van der Waals surface area (Å²) in [5.74, 6) is 1.50. The van der Waals surface area contributed by atoms with Crippen molar-refractivity contribution in [2.45, 2.75) is 17.5 Å². The molecule has 1 amide bonds. The quantitative estimate of drug-likeness (QED) is 0.589. The lowest BCUT2D eigenvalue weighted by Crippen LogP contribution is -2.32. The fraction of sp³-hybridized carbons (Fsp3) is 0.250. The van der Waals surface area contributed by atoms with Crippen LogP contribution in [0.5, 0.6) is 0 Å². The molecule has 0 unspecified atom stereocenters. The number of carbonyl (C=O) groups excluding carboxylic acids is 1. The van der Waals surface area contributed by atoms with Gasteiger partial charge in [-0.1, -0.05) is 48.2 Å². The van der Waals surface area contributed by atoms with Gasteiger partial charge in [-0.3, -0.25) is 9.36 Å². The Morgan fingerprint density at radius 1 is 1.18 bits per heavy atom. The van der Waals surface area contributed by atoms with E-state index in [4.69, 9.17) is 0 Å². The van der Waals surface area contributed by atoms with Gasteiger partial charge in [0.2, 0.25) is 5.91 Å². The Kier molecular flexibility index (Phi) is 5.68. The zero-order chi connectivity index (χ0) is 19.5. The molecule has 3 aromatic rings. The van der Waals surface area contributed by atoms with Crippen LogP contribution >= 0.6 is 23.5 Å². The van der Waals surface area contributed by atoms with Gasteiger partial charge in [-0.15, -0.1) is 22.0 Å². The van der Waals surface area contributed by atoms with E-state index in [0.29, 0.717) is 17.3 Å². The van der Waals surface area contributed by atoms with E-state index < -0.39 is 0 Å². The number of thioether (sulfide) groups is 2. The minimum atomic E-state index is -0.275. The first-order valence-electron chi connectivity index (χ1n) is 8.91. The van der Waals surface area contributed by atoms with Gasteiger partial charge < -0.3 is 4.90 Å². The van der Waals surface area contributed by atoms with Crippen molar-refractivity contribution in [3.8, 4) is 5.69 Å². The molecule has 1 aliphatic rings. The van der Waals surface area contributed by atoms with Gasteiger partial charge in [0.05, 0.1) is 5.75 Å². The van der Waals surface area contributed by atoms with Crippen molar-refractivity contribution in [3.05, 3.63) is 71.8 Å². The zero-order valence-electron chi connectivity index (χ0n) is 15.3. The summed E-state index contributed by atoms with van der Waals surface area (Å²) in [5.41, 5.74) is 1.52. The van der Waals surface area contributed by atoms with Gasteiger partial charge in [0, 0.05) is 23.5 Å². The van der Waals surface area contributed by atoms with Gasteiger partial charge in [-0.2, -0.15) is 0 Å². The molecule has 8 heteroatoms. The van der Waals surface area contributed by atoms with Crippen molar-refractivity contribution < 1.29 is 9.18 Å². The van der Waals surface area contributed by atoms with E-state index in [1.807, 2.05) is 41.8 Å². The molecule has 5 nitrogen and oxygen atoms in total. The van der Waals surface area contributed by atoms with Crippen LogP contribution in [0.3, 0.4) is 0 Å². The first-order valence-corrected chi connectivity index (χ1v) is 10.9. The minimum absolute atomic E-state index is 0.0245. The maximum atomic E-state index is 14.2. The number of halogens is 1. The lowest BCUT2D eigenvalue weighted by molar-refractivity contribution is -0.128.